The van der Waals surface area contributed by atoms with Gasteiger partial charge in [0.15, 0.2) is 0 Å². The van der Waals surface area contributed by atoms with E-state index in [1.165, 1.54) is 18.4 Å². The molecule has 102 valence electrons. The lowest BCUT2D eigenvalue weighted by Crippen LogP contribution is -2.08. The van der Waals surface area contributed by atoms with Crippen molar-refractivity contribution in [3.05, 3.63) is 48.0 Å². The number of benzene rings is 1. The lowest BCUT2D eigenvalue weighted by molar-refractivity contribution is 0.608. The summed E-state index contributed by atoms with van der Waals surface area (Å²) in [5, 5.41) is 4.28. The number of nitrogens with zero attached hydrogens (tertiary/aromatic N) is 4. The van der Waals surface area contributed by atoms with Crippen LogP contribution in [0.2, 0.25) is 0 Å². The Morgan fingerprint density at radius 2 is 2.20 bits per heavy atom. The Bertz CT molecular complexity index is 737. The summed E-state index contributed by atoms with van der Waals surface area (Å²) in [4.78, 5) is 4.80. The molecule has 1 aromatic carbocycles. The van der Waals surface area contributed by atoms with Crippen LogP contribution in [0.25, 0.3) is 11.0 Å². The van der Waals surface area contributed by atoms with Crippen LogP contribution in [-0.2, 0) is 13.1 Å². The van der Waals surface area contributed by atoms with Crippen LogP contribution in [0.3, 0.4) is 0 Å². The molecule has 0 amide bonds. The highest BCUT2D eigenvalue weighted by Gasteiger charge is 2.28. The molecule has 0 unspecified atom stereocenters. The van der Waals surface area contributed by atoms with Crippen LogP contribution in [0.15, 0.2) is 36.7 Å². The van der Waals surface area contributed by atoms with Gasteiger partial charge in [-0.2, -0.15) is 5.10 Å². The predicted octanol–water partition coefficient (Wildman–Crippen LogP) is 2.07. The first-order valence-corrected chi connectivity index (χ1v) is 7.02. The van der Waals surface area contributed by atoms with Crippen molar-refractivity contribution in [3.8, 4) is 0 Å². The predicted molar refractivity (Wildman–Crippen MR) is 77.2 cm³/mol. The van der Waals surface area contributed by atoms with Crippen molar-refractivity contribution in [3.63, 3.8) is 0 Å². The summed E-state index contributed by atoms with van der Waals surface area (Å²) in [6, 6.07) is 8.89. The fraction of sp³-hybridized carbons (Fsp3) is 0.333. The van der Waals surface area contributed by atoms with Crippen molar-refractivity contribution in [1.29, 1.82) is 0 Å². The van der Waals surface area contributed by atoms with E-state index < -0.39 is 0 Å². The molecule has 4 rings (SSSR count). The van der Waals surface area contributed by atoms with E-state index >= 15 is 0 Å². The van der Waals surface area contributed by atoms with Gasteiger partial charge in [-0.25, -0.2) is 4.98 Å². The van der Waals surface area contributed by atoms with Crippen molar-refractivity contribution in [1.82, 2.24) is 19.3 Å². The molecule has 0 bridgehead atoms. The van der Waals surface area contributed by atoms with Crippen molar-refractivity contribution in [2.24, 2.45) is 5.73 Å². The third-order valence-electron chi connectivity index (χ3n) is 3.84. The highest BCUT2D eigenvalue weighted by atomic mass is 15.3. The van der Waals surface area contributed by atoms with Gasteiger partial charge in [-0.05, 0) is 36.6 Å². The fourth-order valence-corrected chi connectivity index (χ4v) is 2.71. The lowest BCUT2D eigenvalue weighted by atomic mass is 10.2. The van der Waals surface area contributed by atoms with E-state index in [0.29, 0.717) is 12.6 Å². The third-order valence-corrected chi connectivity index (χ3v) is 3.84. The minimum Gasteiger partial charge on any atom is -0.326 e. The van der Waals surface area contributed by atoms with Crippen LogP contribution in [0.1, 0.15) is 30.3 Å². The Hall–Kier alpha value is -2.14. The normalized spacial score (nSPS) is 15.1. The molecule has 5 heteroatoms. The molecule has 0 spiro atoms. The Morgan fingerprint density at radius 3 is 2.90 bits per heavy atom. The van der Waals surface area contributed by atoms with E-state index in [9.17, 15) is 0 Å². The topological polar surface area (TPSA) is 61.7 Å². The molecule has 1 aliphatic rings. The molecule has 0 aliphatic heterocycles. The first-order chi connectivity index (χ1) is 9.85. The molecule has 1 fully saturated rings. The summed E-state index contributed by atoms with van der Waals surface area (Å²) in [5.41, 5.74) is 9.11. The van der Waals surface area contributed by atoms with Gasteiger partial charge in [0.05, 0.1) is 17.6 Å². The van der Waals surface area contributed by atoms with Crippen molar-refractivity contribution < 1.29 is 0 Å². The van der Waals surface area contributed by atoms with Gasteiger partial charge in [-0.3, -0.25) is 4.68 Å². The lowest BCUT2D eigenvalue weighted by Gasteiger charge is -2.07. The van der Waals surface area contributed by atoms with E-state index in [-0.39, 0.29) is 0 Å². The molecule has 1 aliphatic carbocycles. The summed E-state index contributed by atoms with van der Waals surface area (Å²) < 4.78 is 4.29. The van der Waals surface area contributed by atoms with Crippen LogP contribution in [-0.4, -0.2) is 19.3 Å². The zero-order valence-corrected chi connectivity index (χ0v) is 11.2. The Morgan fingerprint density at radius 1 is 1.30 bits per heavy atom. The zero-order chi connectivity index (χ0) is 13.5. The van der Waals surface area contributed by atoms with Crippen LogP contribution in [0.4, 0.5) is 0 Å². The SMILES string of the molecule is NCc1ccc2c(c1)nc(Cn1cccn1)n2C1CC1. The maximum atomic E-state index is 5.72. The van der Waals surface area contributed by atoms with Gasteiger partial charge < -0.3 is 10.3 Å². The largest absolute Gasteiger partial charge is 0.326 e. The van der Waals surface area contributed by atoms with Gasteiger partial charge in [0.2, 0.25) is 0 Å². The number of rotatable bonds is 4. The molecule has 20 heavy (non-hydrogen) atoms. The summed E-state index contributed by atoms with van der Waals surface area (Å²) in [6.07, 6.45) is 6.27. The molecule has 2 aromatic heterocycles. The Balaban J connectivity index is 1.83. The summed E-state index contributed by atoms with van der Waals surface area (Å²) in [5.74, 6) is 1.08. The molecule has 2 heterocycles. The second-order valence-corrected chi connectivity index (χ2v) is 5.36. The number of nitrogens with two attached hydrogens (primary N) is 1. The number of aromatic nitrogens is 4. The standard InChI is InChI=1S/C15H17N5/c16-9-11-2-5-14-13(8-11)18-15(20(14)12-3-4-12)10-19-7-1-6-17-19/h1-2,5-8,12H,3-4,9-10,16H2. The van der Waals surface area contributed by atoms with Crippen LogP contribution < -0.4 is 5.73 Å². The van der Waals surface area contributed by atoms with E-state index in [1.807, 2.05) is 16.9 Å². The average Bonchev–Trinajstić information content (AvgIpc) is 3.05. The summed E-state index contributed by atoms with van der Waals surface area (Å²) in [6.45, 7) is 1.27. The monoisotopic (exact) mass is 267 g/mol. The van der Waals surface area contributed by atoms with Gasteiger partial charge >= 0.3 is 0 Å². The quantitative estimate of drug-likeness (QED) is 0.787. The average molecular weight is 267 g/mol. The van der Waals surface area contributed by atoms with E-state index in [2.05, 4.69) is 27.9 Å². The molecule has 5 nitrogen and oxygen atoms in total. The van der Waals surface area contributed by atoms with Crippen LogP contribution >= 0.6 is 0 Å². The molecule has 0 atom stereocenters. The van der Waals surface area contributed by atoms with Crippen molar-refractivity contribution in [2.75, 3.05) is 0 Å². The number of fused-ring (bicyclic) bond motifs is 1. The number of hydrogen-bond acceptors (Lipinski definition) is 3. The highest BCUT2D eigenvalue weighted by molar-refractivity contribution is 5.77. The highest BCUT2D eigenvalue weighted by Crippen LogP contribution is 2.38. The first kappa shape index (κ1) is 11.7. The molecule has 0 saturated heterocycles. The van der Waals surface area contributed by atoms with Gasteiger partial charge in [0, 0.05) is 25.0 Å². The van der Waals surface area contributed by atoms with Gasteiger partial charge in [0.25, 0.3) is 0 Å². The summed E-state index contributed by atoms with van der Waals surface area (Å²) in [7, 11) is 0. The summed E-state index contributed by atoms with van der Waals surface area (Å²) >= 11 is 0. The zero-order valence-electron chi connectivity index (χ0n) is 11.2. The van der Waals surface area contributed by atoms with Crippen LogP contribution in [0.5, 0.6) is 0 Å². The Kier molecular flexibility index (Phi) is 2.60. The number of imidazole rings is 1. The molecule has 0 radical (unpaired) electrons. The smallest absolute Gasteiger partial charge is 0.131 e. The number of hydrogen-bond donors (Lipinski definition) is 1. The molecular weight excluding hydrogens is 250 g/mol. The van der Waals surface area contributed by atoms with Gasteiger partial charge in [0.1, 0.15) is 5.82 Å². The van der Waals surface area contributed by atoms with Crippen molar-refractivity contribution in [2.45, 2.75) is 32.0 Å². The second kappa shape index (κ2) is 4.45. The minimum absolute atomic E-state index is 0.556. The first-order valence-electron chi connectivity index (χ1n) is 7.02. The molecule has 3 aromatic rings. The Labute approximate surface area is 117 Å². The van der Waals surface area contributed by atoms with Crippen molar-refractivity contribution >= 4 is 11.0 Å². The van der Waals surface area contributed by atoms with Crippen LogP contribution in [0, 0.1) is 0 Å². The maximum absolute atomic E-state index is 5.72. The molecule has 1 saturated carbocycles. The second-order valence-electron chi connectivity index (χ2n) is 5.36. The molecular formula is C15H17N5. The molecule has 2 N–H and O–H groups in total. The van der Waals surface area contributed by atoms with E-state index in [4.69, 9.17) is 10.7 Å². The van der Waals surface area contributed by atoms with Gasteiger partial charge in [-0.15, -0.1) is 0 Å². The van der Waals surface area contributed by atoms with E-state index in [1.54, 1.807) is 6.20 Å². The third kappa shape index (κ3) is 1.91. The minimum atomic E-state index is 0.556. The maximum Gasteiger partial charge on any atom is 0.131 e. The van der Waals surface area contributed by atoms with Gasteiger partial charge in [-0.1, -0.05) is 6.07 Å². The fourth-order valence-electron chi connectivity index (χ4n) is 2.71. The van der Waals surface area contributed by atoms with E-state index in [0.717, 1.165) is 23.4 Å².